The summed E-state index contributed by atoms with van der Waals surface area (Å²) >= 11 is 0. The number of carbonyl (C=O) groups excluding carboxylic acids is 1. The summed E-state index contributed by atoms with van der Waals surface area (Å²) in [5.41, 5.74) is 2.15. The molecular weight excluding hydrogens is 302 g/mol. The molecule has 1 atom stereocenters. The first kappa shape index (κ1) is 15.4. The van der Waals surface area contributed by atoms with Crippen LogP contribution in [-0.4, -0.2) is 27.5 Å². The van der Waals surface area contributed by atoms with E-state index in [1.165, 1.54) is 18.4 Å². The molecule has 1 aliphatic heterocycles. The molecule has 2 aromatic rings. The number of hydrogen-bond donors (Lipinski definition) is 0. The number of rotatable bonds is 3. The van der Waals surface area contributed by atoms with Crippen LogP contribution >= 0.6 is 0 Å². The summed E-state index contributed by atoms with van der Waals surface area (Å²) in [6, 6.07) is 8.03. The number of amides is 1. The van der Waals surface area contributed by atoms with E-state index in [1.54, 1.807) is 0 Å². The summed E-state index contributed by atoms with van der Waals surface area (Å²) in [5.74, 6) is 1.66. The fraction of sp³-hybridized carbons (Fsp3) is 0.526. The minimum atomic E-state index is -0.0511. The lowest BCUT2D eigenvalue weighted by Crippen LogP contribution is -2.35. The van der Waals surface area contributed by atoms with Crippen molar-refractivity contribution >= 4 is 5.91 Å². The van der Waals surface area contributed by atoms with Crippen LogP contribution in [0.1, 0.15) is 56.0 Å². The lowest BCUT2D eigenvalue weighted by molar-refractivity contribution is -0.136. The van der Waals surface area contributed by atoms with Crippen molar-refractivity contribution in [3.63, 3.8) is 0 Å². The van der Waals surface area contributed by atoms with Crippen LogP contribution in [0.15, 0.2) is 28.8 Å². The molecule has 2 aliphatic rings. The third-order valence-electron chi connectivity index (χ3n) is 5.28. The van der Waals surface area contributed by atoms with Gasteiger partial charge in [0.1, 0.15) is 6.04 Å². The van der Waals surface area contributed by atoms with Crippen molar-refractivity contribution in [3.05, 3.63) is 35.7 Å². The van der Waals surface area contributed by atoms with E-state index in [2.05, 4.69) is 17.1 Å². The first-order chi connectivity index (χ1) is 11.7. The minimum absolute atomic E-state index is 0.0511. The van der Waals surface area contributed by atoms with Crippen LogP contribution in [0, 0.1) is 12.8 Å². The molecule has 0 N–H and O–H groups in total. The summed E-state index contributed by atoms with van der Waals surface area (Å²) < 4.78 is 5.52. The Morgan fingerprint density at radius 2 is 1.88 bits per heavy atom. The van der Waals surface area contributed by atoms with Crippen LogP contribution in [0.5, 0.6) is 0 Å². The van der Waals surface area contributed by atoms with Crippen molar-refractivity contribution in [3.8, 4) is 11.4 Å². The van der Waals surface area contributed by atoms with E-state index in [-0.39, 0.29) is 17.9 Å². The molecule has 1 saturated carbocycles. The van der Waals surface area contributed by atoms with Gasteiger partial charge in [-0.15, -0.1) is 0 Å². The molecule has 1 saturated heterocycles. The third-order valence-corrected chi connectivity index (χ3v) is 5.28. The number of likely N-dealkylation sites (tertiary alicyclic amines) is 1. The molecule has 5 heteroatoms. The lowest BCUT2D eigenvalue weighted by atomic mass is 10.1. The fourth-order valence-electron chi connectivity index (χ4n) is 3.88. The summed E-state index contributed by atoms with van der Waals surface area (Å²) in [7, 11) is 0. The summed E-state index contributed by atoms with van der Waals surface area (Å²) in [6.45, 7) is 2.86. The van der Waals surface area contributed by atoms with Crippen molar-refractivity contribution in [2.75, 3.05) is 6.54 Å². The molecule has 1 aliphatic carbocycles. The number of carbonyl (C=O) groups is 1. The first-order valence-corrected chi connectivity index (χ1v) is 8.93. The topological polar surface area (TPSA) is 59.2 Å². The van der Waals surface area contributed by atoms with Crippen molar-refractivity contribution in [2.24, 2.45) is 5.92 Å². The standard InChI is InChI=1S/C19H23N3O2/c1-13-8-10-14(11-9-13)17-20-18(24-21-17)16-7-4-12-22(16)19(23)15-5-2-3-6-15/h8-11,15-16H,2-7,12H2,1H3. The van der Waals surface area contributed by atoms with Gasteiger partial charge in [0.25, 0.3) is 0 Å². The van der Waals surface area contributed by atoms with Gasteiger partial charge in [0, 0.05) is 18.0 Å². The second-order valence-electron chi connectivity index (χ2n) is 6.99. The zero-order valence-corrected chi connectivity index (χ0v) is 14.1. The van der Waals surface area contributed by atoms with E-state index >= 15 is 0 Å². The van der Waals surface area contributed by atoms with E-state index in [9.17, 15) is 4.79 Å². The van der Waals surface area contributed by atoms with Crippen LogP contribution < -0.4 is 0 Å². The van der Waals surface area contributed by atoms with Crippen LogP contribution in [0.25, 0.3) is 11.4 Å². The maximum absolute atomic E-state index is 12.8. The van der Waals surface area contributed by atoms with Gasteiger partial charge in [-0.3, -0.25) is 4.79 Å². The van der Waals surface area contributed by atoms with Crippen molar-refractivity contribution < 1.29 is 9.32 Å². The first-order valence-electron chi connectivity index (χ1n) is 8.93. The average molecular weight is 325 g/mol. The van der Waals surface area contributed by atoms with E-state index in [4.69, 9.17) is 4.52 Å². The highest BCUT2D eigenvalue weighted by Gasteiger charge is 2.37. The number of hydrogen-bond acceptors (Lipinski definition) is 4. The molecule has 4 rings (SSSR count). The number of benzene rings is 1. The van der Waals surface area contributed by atoms with Crippen LogP contribution in [0.2, 0.25) is 0 Å². The van der Waals surface area contributed by atoms with Crippen molar-refractivity contribution in [1.82, 2.24) is 15.0 Å². The minimum Gasteiger partial charge on any atom is -0.337 e. The highest BCUT2D eigenvalue weighted by Crippen LogP contribution is 2.36. The van der Waals surface area contributed by atoms with Gasteiger partial charge in [-0.1, -0.05) is 47.8 Å². The molecule has 0 radical (unpaired) electrons. The molecule has 5 nitrogen and oxygen atoms in total. The summed E-state index contributed by atoms with van der Waals surface area (Å²) in [5, 5.41) is 4.13. The highest BCUT2D eigenvalue weighted by molar-refractivity contribution is 5.79. The molecule has 24 heavy (non-hydrogen) atoms. The van der Waals surface area contributed by atoms with E-state index in [0.29, 0.717) is 11.7 Å². The fourth-order valence-corrected chi connectivity index (χ4v) is 3.88. The Bertz CT molecular complexity index is 716. The maximum atomic E-state index is 12.8. The zero-order valence-electron chi connectivity index (χ0n) is 14.1. The normalized spacial score (nSPS) is 21.5. The monoisotopic (exact) mass is 325 g/mol. The highest BCUT2D eigenvalue weighted by atomic mass is 16.5. The summed E-state index contributed by atoms with van der Waals surface area (Å²) in [6.07, 6.45) is 6.32. The zero-order chi connectivity index (χ0) is 16.5. The van der Waals surface area contributed by atoms with Gasteiger partial charge in [0.2, 0.25) is 17.6 Å². The molecule has 0 bridgehead atoms. The molecule has 2 fully saturated rings. The van der Waals surface area contributed by atoms with Crippen LogP contribution in [-0.2, 0) is 4.79 Å². The van der Waals surface area contributed by atoms with Crippen LogP contribution in [0.3, 0.4) is 0 Å². The number of aromatic nitrogens is 2. The predicted molar refractivity (Wildman–Crippen MR) is 90.1 cm³/mol. The molecule has 0 spiro atoms. The summed E-state index contributed by atoms with van der Waals surface area (Å²) in [4.78, 5) is 19.3. The number of nitrogens with zero attached hydrogens (tertiary/aromatic N) is 3. The van der Waals surface area contributed by atoms with Gasteiger partial charge in [0.15, 0.2) is 0 Å². The smallest absolute Gasteiger partial charge is 0.249 e. The van der Waals surface area contributed by atoms with Gasteiger partial charge >= 0.3 is 0 Å². The third kappa shape index (κ3) is 2.83. The lowest BCUT2D eigenvalue weighted by Gasteiger charge is -2.24. The number of aryl methyl sites for hydroxylation is 1. The second-order valence-corrected chi connectivity index (χ2v) is 6.99. The van der Waals surface area contributed by atoms with Gasteiger partial charge in [0.05, 0.1) is 0 Å². The SMILES string of the molecule is Cc1ccc(-c2noc(C3CCCN3C(=O)C3CCCC3)n2)cc1. The van der Waals surface area contributed by atoms with Gasteiger partial charge in [-0.2, -0.15) is 4.98 Å². The maximum Gasteiger partial charge on any atom is 0.249 e. The molecule has 1 unspecified atom stereocenters. The second kappa shape index (κ2) is 6.38. The van der Waals surface area contributed by atoms with Crippen molar-refractivity contribution in [2.45, 2.75) is 51.5 Å². The Balaban J connectivity index is 1.54. The molecule has 1 amide bonds. The van der Waals surface area contributed by atoms with Gasteiger partial charge in [-0.05, 0) is 32.6 Å². The van der Waals surface area contributed by atoms with Crippen LogP contribution in [0.4, 0.5) is 0 Å². The Kier molecular flexibility index (Phi) is 4.08. The Hall–Kier alpha value is -2.17. The Labute approximate surface area is 142 Å². The Morgan fingerprint density at radius 3 is 2.62 bits per heavy atom. The Morgan fingerprint density at radius 1 is 1.12 bits per heavy atom. The molecule has 2 heterocycles. The van der Waals surface area contributed by atoms with Gasteiger partial charge in [-0.25, -0.2) is 0 Å². The molecule has 126 valence electrons. The molecule has 1 aromatic heterocycles. The van der Waals surface area contributed by atoms with E-state index in [1.807, 2.05) is 29.2 Å². The van der Waals surface area contributed by atoms with Gasteiger partial charge < -0.3 is 9.42 Å². The quantitative estimate of drug-likeness (QED) is 0.859. The predicted octanol–water partition coefficient (Wildman–Crippen LogP) is 3.90. The largest absolute Gasteiger partial charge is 0.337 e. The van der Waals surface area contributed by atoms with Crippen molar-refractivity contribution in [1.29, 1.82) is 0 Å². The van der Waals surface area contributed by atoms with E-state index in [0.717, 1.165) is 37.8 Å². The van der Waals surface area contributed by atoms with E-state index < -0.39 is 0 Å². The average Bonchev–Trinajstić information content (AvgIpc) is 3.34. The molecule has 1 aromatic carbocycles. The molecular formula is C19H23N3O2.